The molecule has 0 aliphatic carbocycles. The van der Waals surface area contributed by atoms with Crippen molar-refractivity contribution in [3.63, 3.8) is 0 Å². The maximum absolute atomic E-state index is 13.5. The molecule has 0 spiro atoms. The summed E-state index contributed by atoms with van der Waals surface area (Å²) in [5.74, 6) is 0.269. The van der Waals surface area contributed by atoms with Gasteiger partial charge >= 0.3 is 0 Å². The summed E-state index contributed by atoms with van der Waals surface area (Å²) in [5, 5.41) is 12.2. The van der Waals surface area contributed by atoms with E-state index in [2.05, 4.69) is 33.4 Å². The van der Waals surface area contributed by atoms with Gasteiger partial charge in [-0.3, -0.25) is 0 Å². The van der Waals surface area contributed by atoms with Crippen LogP contribution in [0.2, 0.25) is 0 Å². The number of nitrogens with two attached hydrogens (primary N) is 1. The van der Waals surface area contributed by atoms with E-state index in [-0.39, 0.29) is 28.9 Å². The number of anilines is 2. The molecular formula is C15H16FN7. The Balaban J connectivity index is 2.41. The fourth-order valence-electron chi connectivity index (χ4n) is 2.24. The average molecular weight is 313 g/mol. The van der Waals surface area contributed by atoms with E-state index in [0.29, 0.717) is 11.5 Å². The molecule has 8 heteroatoms. The van der Waals surface area contributed by atoms with Crippen molar-refractivity contribution in [3.05, 3.63) is 42.3 Å². The van der Waals surface area contributed by atoms with Gasteiger partial charge < -0.3 is 15.6 Å². The molecule has 118 valence electrons. The quantitative estimate of drug-likeness (QED) is 0.878. The molecule has 0 aromatic carbocycles. The number of hydrogen-bond acceptors (Lipinski definition) is 6. The van der Waals surface area contributed by atoms with Crippen molar-refractivity contribution in [2.45, 2.75) is 13.0 Å². The molecule has 2 aromatic heterocycles. The summed E-state index contributed by atoms with van der Waals surface area (Å²) in [6.07, 6.45) is 2.76. The van der Waals surface area contributed by atoms with Gasteiger partial charge in [-0.25, -0.2) is 19.3 Å². The monoisotopic (exact) mass is 313 g/mol. The van der Waals surface area contributed by atoms with E-state index in [1.165, 1.54) is 12.4 Å². The highest BCUT2D eigenvalue weighted by Crippen LogP contribution is 2.26. The molecule has 0 saturated carbocycles. The molecule has 0 aliphatic rings. The molecule has 0 fully saturated rings. The second-order valence-electron chi connectivity index (χ2n) is 4.83. The van der Waals surface area contributed by atoms with E-state index < -0.39 is 5.83 Å². The smallest absolute Gasteiger partial charge is 0.150 e. The summed E-state index contributed by atoms with van der Waals surface area (Å²) < 4.78 is 15.2. The zero-order valence-corrected chi connectivity index (χ0v) is 12.8. The van der Waals surface area contributed by atoms with E-state index in [4.69, 9.17) is 11.0 Å². The number of nitrogen functional groups attached to an aromatic ring is 1. The van der Waals surface area contributed by atoms with E-state index >= 15 is 0 Å². The summed E-state index contributed by atoms with van der Waals surface area (Å²) >= 11 is 0. The average Bonchev–Trinajstić information content (AvgIpc) is 2.84. The molecule has 0 saturated heterocycles. The minimum atomic E-state index is -0.641. The Morgan fingerprint density at radius 1 is 1.57 bits per heavy atom. The van der Waals surface area contributed by atoms with Gasteiger partial charge in [0.1, 0.15) is 46.9 Å². The molecule has 23 heavy (non-hydrogen) atoms. The predicted octanol–water partition coefficient (Wildman–Crippen LogP) is 2.42. The molecule has 0 aliphatic heterocycles. The minimum absolute atomic E-state index is 0.0849. The molecule has 0 bridgehead atoms. The maximum Gasteiger partial charge on any atom is 0.150 e. The van der Waals surface area contributed by atoms with E-state index in [1.54, 1.807) is 18.5 Å². The molecule has 7 nitrogen and oxygen atoms in total. The van der Waals surface area contributed by atoms with Gasteiger partial charge in [0.2, 0.25) is 0 Å². The first-order valence-electron chi connectivity index (χ1n) is 6.71. The van der Waals surface area contributed by atoms with Gasteiger partial charge in [-0.05, 0) is 13.0 Å². The highest BCUT2D eigenvalue weighted by molar-refractivity contribution is 5.65. The van der Waals surface area contributed by atoms with Crippen LogP contribution >= 0.6 is 0 Å². The normalized spacial score (nSPS) is 11.6. The predicted molar refractivity (Wildman–Crippen MR) is 86.6 cm³/mol. The van der Waals surface area contributed by atoms with Crippen LogP contribution in [0, 0.1) is 11.3 Å². The number of aromatic nitrogens is 4. The first-order valence-corrected chi connectivity index (χ1v) is 6.71. The van der Waals surface area contributed by atoms with Crippen LogP contribution in [0.25, 0.3) is 11.9 Å². The molecule has 1 unspecified atom stereocenters. The SMILES string of the molecule is C=Cc1c(C(=C)F)nc(C(C)Nc2ncnc(N)c2C#N)n1C. The molecular weight excluding hydrogens is 297 g/mol. The van der Waals surface area contributed by atoms with Crippen molar-refractivity contribution < 1.29 is 4.39 Å². The number of nitrogens with zero attached hydrogens (tertiary/aromatic N) is 5. The third-order valence-electron chi connectivity index (χ3n) is 3.35. The first kappa shape index (κ1) is 16.2. The number of rotatable bonds is 5. The van der Waals surface area contributed by atoms with Crippen molar-refractivity contribution in [1.82, 2.24) is 19.5 Å². The summed E-state index contributed by atoms with van der Waals surface area (Å²) in [6, 6.07) is 1.58. The van der Waals surface area contributed by atoms with Crippen LogP contribution in [0.15, 0.2) is 19.5 Å². The lowest BCUT2D eigenvalue weighted by molar-refractivity contribution is 0.714. The van der Waals surface area contributed by atoms with Crippen molar-refractivity contribution >= 4 is 23.5 Å². The van der Waals surface area contributed by atoms with Gasteiger partial charge in [0.05, 0.1) is 11.7 Å². The van der Waals surface area contributed by atoms with Crippen LogP contribution in [0.5, 0.6) is 0 Å². The third-order valence-corrected chi connectivity index (χ3v) is 3.35. The standard InChI is InChI=1S/C15H16FN7/c1-5-11-12(8(2)16)22-15(23(11)4)9(3)21-14-10(6-17)13(18)19-7-20-14/h5,7,9H,1-2H2,3-4H3,(H3,18,19,20,21). The Bertz CT molecular complexity index is 816. The summed E-state index contributed by atoms with van der Waals surface area (Å²) in [4.78, 5) is 12.0. The molecule has 2 rings (SSSR count). The lowest BCUT2D eigenvalue weighted by Gasteiger charge is -2.15. The fourth-order valence-corrected chi connectivity index (χ4v) is 2.24. The minimum Gasteiger partial charge on any atom is -0.382 e. The van der Waals surface area contributed by atoms with Crippen molar-refractivity contribution in [2.24, 2.45) is 7.05 Å². The third kappa shape index (κ3) is 2.89. The topological polar surface area (TPSA) is 105 Å². The summed E-state index contributed by atoms with van der Waals surface area (Å²) in [7, 11) is 1.74. The number of nitriles is 1. The molecule has 1 atom stereocenters. The van der Waals surface area contributed by atoms with Gasteiger partial charge in [0.15, 0.2) is 0 Å². The van der Waals surface area contributed by atoms with Crippen molar-refractivity contribution in [2.75, 3.05) is 11.1 Å². The number of halogens is 1. The molecule has 0 radical (unpaired) electrons. The first-order chi connectivity index (χ1) is 10.9. The largest absolute Gasteiger partial charge is 0.382 e. The lowest BCUT2D eigenvalue weighted by Crippen LogP contribution is -2.15. The Hall–Kier alpha value is -3.21. The van der Waals surface area contributed by atoms with Gasteiger partial charge in [0, 0.05) is 7.05 Å². The van der Waals surface area contributed by atoms with Crippen molar-refractivity contribution in [3.8, 4) is 6.07 Å². The zero-order chi connectivity index (χ0) is 17.1. The number of imidazole rings is 1. The Labute approximate surface area is 133 Å². The van der Waals surface area contributed by atoms with E-state index in [0.717, 1.165) is 0 Å². The molecule has 2 heterocycles. The number of nitrogens with one attached hydrogen (secondary N) is 1. The van der Waals surface area contributed by atoms with Gasteiger partial charge in [-0.2, -0.15) is 5.26 Å². The highest BCUT2D eigenvalue weighted by atomic mass is 19.1. The second-order valence-corrected chi connectivity index (χ2v) is 4.83. The number of hydrogen-bond donors (Lipinski definition) is 2. The zero-order valence-electron chi connectivity index (χ0n) is 12.8. The van der Waals surface area contributed by atoms with Crippen LogP contribution in [0.3, 0.4) is 0 Å². The summed E-state index contributed by atoms with van der Waals surface area (Å²) in [6.45, 7) is 8.75. The fraction of sp³-hybridized carbons (Fsp3) is 0.200. The molecule has 3 N–H and O–H groups in total. The van der Waals surface area contributed by atoms with Gasteiger partial charge in [0.25, 0.3) is 0 Å². The maximum atomic E-state index is 13.5. The van der Waals surface area contributed by atoms with Crippen LogP contribution in [-0.4, -0.2) is 19.5 Å². The van der Waals surface area contributed by atoms with Gasteiger partial charge in [-0.1, -0.05) is 13.2 Å². The lowest BCUT2D eigenvalue weighted by atomic mass is 10.2. The van der Waals surface area contributed by atoms with E-state index in [9.17, 15) is 4.39 Å². The second kappa shape index (κ2) is 6.27. The highest BCUT2D eigenvalue weighted by Gasteiger charge is 2.20. The van der Waals surface area contributed by atoms with Crippen LogP contribution in [0.1, 0.15) is 35.7 Å². The van der Waals surface area contributed by atoms with Crippen molar-refractivity contribution in [1.29, 1.82) is 5.26 Å². The molecule has 0 amide bonds. The van der Waals surface area contributed by atoms with Crippen LogP contribution in [0.4, 0.5) is 16.0 Å². The Morgan fingerprint density at radius 2 is 2.26 bits per heavy atom. The van der Waals surface area contributed by atoms with Crippen LogP contribution in [-0.2, 0) is 7.05 Å². The van der Waals surface area contributed by atoms with Crippen LogP contribution < -0.4 is 11.1 Å². The Kier molecular flexibility index (Phi) is 4.41. The molecule has 2 aromatic rings. The Morgan fingerprint density at radius 3 is 2.78 bits per heavy atom. The van der Waals surface area contributed by atoms with Gasteiger partial charge in [-0.15, -0.1) is 0 Å². The van der Waals surface area contributed by atoms with E-state index in [1.807, 2.05) is 6.07 Å². The summed E-state index contributed by atoms with van der Waals surface area (Å²) in [5.41, 5.74) is 6.45.